The second kappa shape index (κ2) is 3.80. The van der Waals surface area contributed by atoms with E-state index < -0.39 is 5.97 Å². The van der Waals surface area contributed by atoms with E-state index in [9.17, 15) is 9.90 Å². The maximum absolute atomic E-state index is 10.3. The highest BCUT2D eigenvalue weighted by Crippen LogP contribution is 2.26. The molecule has 0 spiro atoms. The van der Waals surface area contributed by atoms with Gasteiger partial charge in [-0.25, -0.2) is 0 Å². The molecule has 0 saturated carbocycles. The summed E-state index contributed by atoms with van der Waals surface area (Å²) >= 11 is 0. The fraction of sp³-hybridized carbons (Fsp3) is 0.111. The molecule has 0 atom stereocenters. The summed E-state index contributed by atoms with van der Waals surface area (Å²) in [4.78, 5) is 10.3. The van der Waals surface area contributed by atoms with Crippen LogP contribution in [-0.2, 0) is 4.79 Å². The predicted octanol–water partition coefficient (Wildman–Crippen LogP) is 1.04. The van der Waals surface area contributed by atoms with Gasteiger partial charge >= 0.3 is 5.97 Å². The molecule has 4 nitrogen and oxygen atoms in total. The molecule has 1 aromatic rings. The lowest BCUT2D eigenvalue weighted by molar-refractivity contribution is -0.132. The first-order valence-corrected chi connectivity index (χ1v) is 3.58. The van der Waals surface area contributed by atoms with E-state index in [1.54, 1.807) is 0 Å². The predicted molar refractivity (Wildman–Crippen MR) is 45.7 cm³/mol. The van der Waals surface area contributed by atoms with E-state index in [0.717, 1.165) is 6.42 Å². The van der Waals surface area contributed by atoms with Crippen LogP contribution in [0.15, 0.2) is 18.2 Å². The van der Waals surface area contributed by atoms with Gasteiger partial charge in [-0.2, -0.15) is 0 Å². The Hall–Kier alpha value is -1.71. The second-order valence-corrected chi connectivity index (χ2v) is 2.41. The molecule has 0 aromatic heterocycles. The Labute approximate surface area is 75.4 Å². The van der Waals surface area contributed by atoms with Crippen LogP contribution in [0.3, 0.4) is 0 Å². The van der Waals surface area contributed by atoms with Crippen molar-refractivity contribution in [2.75, 3.05) is 7.11 Å². The molecular weight excluding hydrogens is 172 g/mol. The zero-order chi connectivity index (χ0) is 9.84. The number of carbonyl (C=O) groups is 1. The zero-order valence-corrected chi connectivity index (χ0v) is 7.02. The number of phenolic OH excluding ortho intramolecular Hbond substituents is 1. The molecule has 0 aliphatic heterocycles. The fourth-order valence-corrected chi connectivity index (χ4v) is 0.927. The van der Waals surface area contributed by atoms with Crippen molar-refractivity contribution in [2.24, 2.45) is 0 Å². The highest BCUT2D eigenvalue weighted by atomic mass is 16.5. The molecule has 2 N–H and O–H groups in total. The first kappa shape index (κ1) is 9.38. The third-order valence-electron chi connectivity index (χ3n) is 1.49. The lowest BCUT2D eigenvalue weighted by Crippen LogP contribution is -1.97. The fourth-order valence-electron chi connectivity index (χ4n) is 0.927. The molecule has 0 fully saturated rings. The molecule has 0 aliphatic rings. The number of aliphatic carboxylic acids is 1. The number of hydrogen-bond donors (Lipinski definition) is 2. The summed E-state index contributed by atoms with van der Waals surface area (Å²) in [7, 11) is 1.40. The van der Waals surface area contributed by atoms with E-state index in [0.29, 0.717) is 5.56 Å². The Kier molecular flexibility index (Phi) is 2.74. The average Bonchev–Trinajstić information content (AvgIpc) is 2.07. The van der Waals surface area contributed by atoms with Crippen molar-refractivity contribution >= 4 is 5.97 Å². The Bertz CT molecular complexity index is 319. The van der Waals surface area contributed by atoms with Gasteiger partial charge in [-0.15, -0.1) is 0 Å². The van der Waals surface area contributed by atoms with Crippen LogP contribution in [0.25, 0.3) is 0 Å². The van der Waals surface area contributed by atoms with Crippen LogP contribution in [0.1, 0.15) is 5.56 Å². The lowest BCUT2D eigenvalue weighted by atomic mass is 10.1. The minimum Gasteiger partial charge on any atom is -0.504 e. The normalized spacial score (nSPS) is 9.62. The molecule has 0 unspecified atom stereocenters. The van der Waals surface area contributed by atoms with Gasteiger partial charge in [-0.3, -0.25) is 4.79 Å². The van der Waals surface area contributed by atoms with E-state index in [1.807, 2.05) is 0 Å². The van der Waals surface area contributed by atoms with Gasteiger partial charge in [0.2, 0.25) is 0 Å². The molecule has 0 amide bonds. The number of benzene rings is 1. The van der Waals surface area contributed by atoms with Crippen molar-refractivity contribution in [3.05, 3.63) is 30.2 Å². The summed E-state index contributed by atoms with van der Waals surface area (Å²) in [5, 5.41) is 17.6. The van der Waals surface area contributed by atoms with E-state index >= 15 is 0 Å². The highest BCUT2D eigenvalue weighted by molar-refractivity contribution is 5.81. The highest BCUT2D eigenvalue weighted by Gasteiger charge is 2.05. The van der Waals surface area contributed by atoms with Gasteiger partial charge in [0.15, 0.2) is 11.5 Å². The summed E-state index contributed by atoms with van der Waals surface area (Å²) in [5.74, 6) is -0.784. The smallest absolute Gasteiger partial charge is 0.312 e. The summed E-state index contributed by atoms with van der Waals surface area (Å²) in [6.45, 7) is 0. The number of ether oxygens (including phenoxy) is 1. The van der Waals surface area contributed by atoms with Gasteiger partial charge in [0.25, 0.3) is 0 Å². The minimum absolute atomic E-state index is 0.00922. The van der Waals surface area contributed by atoms with Crippen molar-refractivity contribution in [1.82, 2.24) is 0 Å². The lowest BCUT2D eigenvalue weighted by Gasteiger charge is -2.04. The second-order valence-electron chi connectivity index (χ2n) is 2.41. The number of methoxy groups -OCH3 is 1. The number of phenols is 1. The van der Waals surface area contributed by atoms with Crippen molar-refractivity contribution < 1.29 is 19.7 Å². The molecule has 0 bridgehead atoms. The molecule has 1 rings (SSSR count). The van der Waals surface area contributed by atoms with Gasteiger partial charge in [0, 0.05) is 0 Å². The third kappa shape index (κ3) is 2.37. The average molecular weight is 181 g/mol. The Balaban J connectivity index is 2.92. The van der Waals surface area contributed by atoms with E-state index in [-0.39, 0.29) is 11.5 Å². The monoisotopic (exact) mass is 181 g/mol. The SMILES string of the molecule is COc1cc([CH]C(=O)O)ccc1O. The number of hydrogen-bond acceptors (Lipinski definition) is 3. The van der Waals surface area contributed by atoms with Crippen LogP contribution < -0.4 is 4.74 Å². The van der Waals surface area contributed by atoms with Crippen molar-refractivity contribution in [3.8, 4) is 11.5 Å². The van der Waals surface area contributed by atoms with E-state index in [4.69, 9.17) is 9.84 Å². The zero-order valence-electron chi connectivity index (χ0n) is 7.02. The van der Waals surface area contributed by atoms with Crippen LogP contribution in [0.2, 0.25) is 0 Å². The largest absolute Gasteiger partial charge is 0.504 e. The molecule has 1 radical (unpaired) electrons. The minimum atomic E-state index is -1.03. The first-order valence-electron chi connectivity index (χ1n) is 3.58. The van der Waals surface area contributed by atoms with Crippen molar-refractivity contribution in [1.29, 1.82) is 0 Å². The van der Waals surface area contributed by atoms with E-state index in [1.165, 1.54) is 25.3 Å². The van der Waals surface area contributed by atoms with Crippen LogP contribution in [-0.4, -0.2) is 23.3 Å². The Morgan fingerprint density at radius 1 is 1.54 bits per heavy atom. The van der Waals surface area contributed by atoms with E-state index in [2.05, 4.69) is 0 Å². The van der Waals surface area contributed by atoms with Gasteiger partial charge in [0.1, 0.15) is 0 Å². The van der Waals surface area contributed by atoms with Crippen LogP contribution >= 0.6 is 0 Å². The summed E-state index contributed by atoms with van der Waals surface area (Å²) in [6, 6.07) is 4.32. The number of aromatic hydroxyl groups is 1. The van der Waals surface area contributed by atoms with Gasteiger partial charge < -0.3 is 14.9 Å². The van der Waals surface area contributed by atoms with Crippen LogP contribution in [0.5, 0.6) is 11.5 Å². The summed E-state index contributed by atoms with van der Waals surface area (Å²) < 4.78 is 4.80. The molecule has 0 saturated heterocycles. The number of carboxylic acid groups (broad SMARTS) is 1. The van der Waals surface area contributed by atoms with Crippen LogP contribution in [0, 0.1) is 6.42 Å². The molecule has 13 heavy (non-hydrogen) atoms. The number of carboxylic acids is 1. The van der Waals surface area contributed by atoms with Gasteiger partial charge in [0.05, 0.1) is 13.5 Å². The molecule has 69 valence electrons. The Morgan fingerprint density at radius 2 is 2.23 bits per heavy atom. The molecule has 0 aliphatic carbocycles. The quantitative estimate of drug-likeness (QED) is 0.731. The molecule has 4 heteroatoms. The maximum Gasteiger partial charge on any atom is 0.312 e. The van der Waals surface area contributed by atoms with Crippen LogP contribution in [0.4, 0.5) is 0 Å². The first-order chi connectivity index (χ1) is 6.13. The molecule has 0 heterocycles. The third-order valence-corrected chi connectivity index (χ3v) is 1.49. The standard InChI is InChI=1S/C9H9O4/c1-13-8-4-6(5-9(11)12)2-3-7(8)10/h2-5,10H,1H3,(H,11,12). The van der Waals surface area contributed by atoms with Gasteiger partial charge in [-0.1, -0.05) is 6.07 Å². The summed E-state index contributed by atoms with van der Waals surface area (Å²) in [6.07, 6.45) is 1.03. The molecule has 1 aromatic carbocycles. The topological polar surface area (TPSA) is 66.8 Å². The molecular formula is C9H9O4. The maximum atomic E-state index is 10.3. The van der Waals surface area contributed by atoms with Crippen molar-refractivity contribution in [2.45, 2.75) is 0 Å². The number of rotatable bonds is 3. The Morgan fingerprint density at radius 3 is 2.77 bits per heavy atom. The van der Waals surface area contributed by atoms with Crippen molar-refractivity contribution in [3.63, 3.8) is 0 Å². The summed E-state index contributed by atoms with van der Waals surface area (Å²) in [5.41, 5.74) is 0.474. The van der Waals surface area contributed by atoms with Gasteiger partial charge in [-0.05, 0) is 17.7 Å².